The molecule has 0 saturated heterocycles. The molecule has 2 heteroatoms. The molecule has 0 heterocycles. The highest BCUT2D eigenvalue weighted by atomic mass is 19.1. The fourth-order valence-electron chi connectivity index (χ4n) is 0.638. The number of rotatable bonds is 2. The van der Waals surface area contributed by atoms with E-state index in [1.807, 2.05) is 13.8 Å². The summed E-state index contributed by atoms with van der Waals surface area (Å²) in [5.41, 5.74) is 0.110. The van der Waals surface area contributed by atoms with Gasteiger partial charge in [0.15, 0.2) is 0 Å². The summed E-state index contributed by atoms with van der Waals surface area (Å²) in [4.78, 5) is 0. The molecular weight excluding hydrogens is 141 g/mol. The van der Waals surface area contributed by atoms with Crippen LogP contribution in [0.2, 0.25) is 0 Å². The largest absolute Gasteiger partial charge is 0.206 e. The van der Waals surface area contributed by atoms with Gasteiger partial charge in [-0.05, 0) is 18.9 Å². The zero-order chi connectivity index (χ0) is 8.85. The van der Waals surface area contributed by atoms with Gasteiger partial charge in [-0.3, -0.25) is 0 Å². The molecule has 0 bridgehead atoms. The normalized spacial score (nSPS) is 13.5. The lowest BCUT2D eigenvalue weighted by Gasteiger charge is -1.96. The molecule has 0 aromatic carbocycles. The number of nitriles is 1. The second-order valence-corrected chi connectivity index (χ2v) is 2.57. The summed E-state index contributed by atoms with van der Waals surface area (Å²) in [5, 5.41) is 8.41. The average Bonchev–Trinajstić information content (AvgIpc) is 1.88. The van der Waals surface area contributed by atoms with Crippen molar-refractivity contribution in [1.82, 2.24) is 0 Å². The minimum atomic E-state index is -0.426. The van der Waals surface area contributed by atoms with E-state index in [1.54, 1.807) is 13.0 Å². The van der Waals surface area contributed by atoms with E-state index >= 15 is 0 Å². The van der Waals surface area contributed by atoms with Gasteiger partial charge in [-0.25, -0.2) is 4.39 Å². The molecule has 0 amide bonds. The highest BCUT2D eigenvalue weighted by Gasteiger charge is 2.01. The third kappa shape index (κ3) is 3.57. The van der Waals surface area contributed by atoms with Crippen LogP contribution < -0.4 is 0 Å². The highest BCUT2D eigenvalue weighted by molar-refractivity contribution is 5.37. The molecule has 0 saturated carbocycles. The van der Waals surface area contributed by atoms with Crippen LogP contribution in [0.5, 0.6) is 0 Å². The molecule has 0 aliphatic rings. The SMILES string of the molecule is C/C=C(C#N)\C(F)=C/C(C)C. The smallest absolute Gasteiger partial charge is 0.136 e. The van der Waals surface area contributed by atoms with E-state index in [-0.39, 0.29) is 11.5 Å². The standard InChI is InChI=1S/C9H12FN/c1-4-8(6-11)9(10)5-7(2)3/h4-5,7H,1-3H3/b8-4-,9-5+. The number of nitrogens with zero attached hydrogens (tertiary/aromatic N) is 1. The van der Waals surface area contributed by atoms with Crippen molar-refractivity contribution in [1.29, 1.82) is 5.26 Å². The van der Waals surface area contributed by atoms with Gasteiger partial charge in [0.2, 0.25) is 0 Å². The van der Waals surface area contributed by atoms with E-state index in [0.717, 1.165) is 0 Å². The van der Waals surface area contributed by atoms with Crippen molar-refractivity contribution in [3.63, 3.8) is 0 Å². The van der Waals surface area contributed by atoms with Gasteiger partial charge in [0.25, 0.3) is 0 Å². The molecule has 0 fully saturated rings. The first-order valence-corrected chi connectivity index (χ1v) is 3.56. The zero-order valence-electron chi connectivity index (χ0n) is 7.06. The van der Waals surface area contributed by atoms with E-state index in [1.165, 1.54) is 12.2 Å². The monoisotopic (exact) mass is 153 g/mol. The molecule has 0 rings (SSSR count). The molecule has 0 radical (unpaired) electrons. The van der Waals surface area contributed by atoms with Crippen molar-refractivity contribution in [3.05, 3.63) is 23.6 Å². The topological polar surface area (TPSA) is 23.8 Å². The third-order valence-corrected chi connectivity index (χ3v) is 1.15. The minimum absolute atomic E-state index is 0.110. The number of hydrogen-bond acceptors (Lipinski definition) is 1. The number of hydrogen-bond donors (Lipinski definition) is 0. The van der Waals surface area contributed by atoms with Crippen molar-refractivity contribution >= 4 is 0 Å². The molecule has 0 unspecified atom stereocenters. The van der Waals surface area contributed by atoms with Crippen LogP contribution in [0.4, 0.5) is 4.39 Å². The Morgan fingerprint density at radius 1 is 1.55 bits per heavy atom. The van der Waals surface area contributed by atoms with Crippen molar-refractivity contribution in [2.24, 2.45) is 5.92 Å². The Morgan fingerprint density at radius 3 is 2.36 bits per heavy atom. The highest BCUT2D eigenvalue weighted by Crippen LogP contribution is 2.12. The minimum Gasteiger partial charge on any atom is -0.206 e. The molecule has 60 valence electrons. The zero-order valence-corrected chi connectivity index (χ0v) is 7.06. The van der Waals surface area contributed by atoms with Crippen LogP contribution >= 0.6 is 0 Å². The van der Waals surface area contributed by atoms with Gasteiger partial charge in [0, 0.05) is 0 Å². The van der Waals surface area contributed by atoms with Crippen molar-refractivity contribution < 1.29 is 4.39 Å². The third-order valence-electron chi connectivity index (χ3n) is 1.15. The maximum Gasteiger partial charge on any atom is 0.136 e. The van der Waals surface area contributed by atoms with Gasteiger partial charge in [-0.2, -0.15) is 5.26 Å². The van der Waals surface area contributed by atoms with E-state index < -0.39 is 5.83 Å². The second kappa shape index (κ2) is 4.68. The van der Waals surface area contributed by atoms with E-state index in [0.29, 0.717) is 0 Å². The van der Waals surface area contributed by atoms with Crippen molar-refractivity contribution in [3.8, 4) is 6.07 Å². The van der Waals surface area contributed by atoms with E-state index in [4.69, 9.17) is 5.26 Å². The maximum atomic E-state index is 12.9. The van der Waals surface area contributed by atoms with Crippen LogP contribution in [0, 0.1) is 17.2 Å². The Morgan fingerprint density at radius 2 is 2.09 bits per heavy atom. The van der Waals surface area contributed by atoms with Crippen LogP contribution in [0.3, 0.4) is 0 Å². The first-order chi connectivity index (χ1) is 5.11. The predicted molar refractivity (Wildman–Crippen MR) is 43.4 cm³/mol. The fraction of sp³-hybridized carbons (Fsp3) is 0.444. The lowest BCUT2D eigenvalue weighted by molar-refractivity contribution is 0.636. The van der Waals surface area contributed by atoms with Crippen LogP contribution in [0.25, 0.3) is 0 Å². The Labute approximate surface area is 66.8 Å². The van der Waals surface area contributed by atoms with Crippen LogP contribution in [-0.4, -0.2) is 0 Å². The summed E-state index contributed by atoms with van der Waals surface area (Å²) in [6, 6.07) is 1.77. The summed E-state index contributed by atoms with van der Waals surface area (Å²) >= 11 is 0. The Bertz CT molecular complexity index is 218. The Kier molecular flexibility index (Phi) is 4.21. The van der Waals surface area contributed by atoms with Gasteiger partial charge in [0.1, 0.15) is 11.9 Å². The fourth-order valence-corrected chi connectivity index (χ4v) is 0.638. The van der Waals surface area contributed by atoms with Gasteiger partial charge in [-0.15, -0.1) is 0 Å². The number of allylic oxidation sites excluding steroid dienone is 4. The summed E-state index contributed by atoms with van der Waals surface area (Å²) in [6.45, 7) is 5.38. The van der Waals surface area contributed by atoms with Crippen LogP contribution in [-0.2, 0) is 0 Å². The first-order valence-electron chi connectivity index (χ1n) is 3.56. The summed E-state index contributed by atoms with van der Waals surface area (Å²) in [7, 11) is 0. The quantitative estimate of drug-likeness (QED) is 0.442. The van der Waals surface area contributed by atoms with Gasteiger partial charge in [-0.1, -0.05) is 19.9 Å². The molecule has 1 nitrogen and oxygen atoms in total. The summed E-state index contributed by atoms with van der Waals surface area (Å²) in [6.07, 6.45) is 2.90. The molecule has 0 aromatic rings. The molecule has 0 spiro atoms. The van der Waals surface area contributed by atoms with Crippen LogP contribution in [0.15, 0.2) is 23.6 Å². The molecular formula is C9H12FN. The van der Waals surface area contributed by atoms with Crippen molar-refractivity contribution in [2.45, 2.75) is 20.8 Å². The first kappa shape index (κ1) is 9.90. The van der Waals surface area contributed by atoms with Crippen molar-refractivity contribution in [2.75, 3.05) is 0 Å². The molecule has 11 heavy (non-hydrogen) atoms. The summed E-state index contributed by atoms with van der Waals surface area (Å²) in [5.74, 6) is -0.289. The van der Waals surface area contributed by atoms with E-state index in [2.05, 4.69) is 0 Å². The molecule has 0 N–H and O–H groups in total. The van der Waals surface area contributed by atoms with Gasteiger partial charge in [0.05, 0.1) is 5.57 Å². The Balaban J connectivity index is 4.49. The Hall–Kier alpha value is -1.10. The second-order valence-electron chi connectivity index (χ2n) is 2.57. The molecule has 0 aliphatic heterocycles. The maximum absolute atomic E-state index is 12.9. The molecule has 0 aromatic heterocycles. The van der Waals surface area contributed by atoms with Gasteiger partial charge < -0.3 is 0 Å². The molecule has 0 atom stereocenters. The van der Waals surface area contributed by atoms with Gasteiger partial charge >= 0.3 is 0 Å². The average molecular weight is 153 g/mol. The number of halogens is 1. The lowest BCUT2D eigenvalue weighted by Crippen LogP contribution is -1.84. The van der Waals surface area contributed by atoms with Crippen LogP contribution in [0.1, 0.15) is 20.8 Å². The lowest BCUT2D eigenvalue weighted by atomic mass is 10.1. The predicted octanol–water partition coefficient (Wildman–Crippen LogP) is 2.97. The van der Waals surface area contributed by atoms with E-state index in [9.17, 15) is 4.39 Å². The molecule has 0 aliphatic carbocycles. The summed E-state index contributed by atoms with van der Waals surface area (Å²) < 4.78 is 12.9.